The molecule has 0 fully saturated rings. The first-order valence-corrected chi connectivity index (χ1v) is 4.04. The number of aliphatic hydroxyl groups excluding tert-OH is 1. The summed E-state index contributed by atoms with van der Waals surface area (Å²) in [6.45, 7) is 1.65. The molecule has 3 nitrogen and oxygen atoms in total. The number of carbonyl (C=O) groups excluding carboxylic acids is 1. The Labute approximate surface area is 77.0 Å². The van der Waals surface area contributed by atoms with Crippen LogP contribution in [0.2, 0.25) is 0 Å². The molecule has 1 N–H and O–H groups in total. The molecule has 0 saturated carbocycles. The Bertz CT molecular complexity index is 277. The highest BCUT2D eigenvalue weighted by Gasteiger charge is 1.99. The summed E-state index contributed by atoms with van der Waals surface area (Å²) in [4.78, 5) is 10.6. The minimum Gasteiger partial charge on any atom is -0.459 e. The summed E-state index contributed by atoms with van der Waals surface area (Å²) in [5.74, 6) is -0.597. The molecule has 0 amide bonds. The Hall–Kier alpha value is -1.35. The van der Waals surface area contributed by atoms with Crippen LogP contribution in [-0.4, -0.2) is 17.7 Å². The van der Waals surface area contributed by atoms with Crippen molar-refractivity contribution in [2.75, 3.05) is 6.61 Å². The molecule has 0 atom stereocenters. The fourth-order valence-corrected chi connectivity index (χ4v) is 0.894. The van der Waals surface area contributed by atoms with Gasteiger partial charge in [0.2, 0.25) is 0 Å². The second kappa shape index (κ2) is 4.62. The van der Waals surface area contributed by atoms with Crippen LogP contribution in [0.3, 0.4) is 0 Å². The molecule has 1 aromatic carbocycles. The Kier molecular flexibility index (Phi) is 3.46. The van der Waals surface area contributed by atoms with Gasteiger partial charge in [-0.3, -0.25) is 0 Å². The van der Waals surface area contributed by atoms with E-state index in [4.69, 9.17) is 9.84 Å². The summed E-state index contributed by atoms with van der Waals surface area (Å²) >= 11 is 0. The second-order valence-electron chi connectivity index (χ2n) is 2.80. The number of carbonyl (C=O) groups is 1. The molecule has 0 spiro atoms. The smallest absolute Gasteiger partial charge is 0.332 e. The molecule has 0 aliphatic rings. The van der Waals surface area contributed by atoms with Crippen molar-refractivity contribution >= 4 is 5.97 Å². The number of rotatable bonds is 3. The Morgan fingerprint density at radius 2 is 2.00 bits per heavy atom. The van der Waals surface area contributed by atoms with Gasteiger partial charge in [-0.2, -0.15) is 0 Å². The van der Waals surface area contributed by atoms with E-state index in [1.165, 1.54) is 0 Å². The summed E-state index contributed by atoms with van der Waals surface area (Å²) in [5.41, 5.74) is 2.09. The van der Waals surface area contributed by atoms with Gasteiger partial charge in [0.1, 0.15) is 13.2 Å². The number of esters is 1. The first kappa shape index (κ1) is 9.74. The predicted molar refractivity (Wildman–Crippen MR) is 48.1 cm³/mol. The van der Waals surface area contributed by atoms with Crippen molar-refractivity contribution in [2.24, 2.45) is 0 Å². The molecular formula is C10H12O3. The fraction of sp³-hybridized carbons (Fsp3) is 0.300. The Morgan fingerprint density at radius 1 is 1.38 bits per heavy atom. The maximum atomic E-state index is 10.6. The van der Waals surface area contributed by atoms with Crippen molar-refractivity contribution in [3.63, 3.8) is 0 Å². The highest BCUT2D eigenvalue weighted by atomic mass is 16.5. The summed E-state index contributed by atoms with van der Waals surface area (Å²) < 4.78 is 4.73. The van der Waals surface area contributed by atoms with Gasteiger partial charge in [0.15, 0.2) is 0 Å². The van der Waals surface area contributed by atoms with E-state index in [1.54, 1.807) is 0 Å². The van der Waals surface area contributed by atoms with E-state index >= 15 is 0 Å². The molecule has 70 valence electrons. The average molecular weight is 180 g/mol. The third-order valence-electron chi connectivity index (χ3n) is 1.65. The van der Waals surface area contributed by atoms with Crippen LogP contribution in [0, 0.1) is 6.92 Å². The minimum atomic E-state index is -0.597. The summed E-state index contributed by atoms with van der Waals surface area (Å²) in [6, 6.07) is 7.67. The summed E-state index contributed by atoms with van der Waals surface area (Å²) in [7, 11) is 0. The van der Waals surface area contributed by atoms with Crippen LogP contribution in [0.1, 0.15) is 11.1 Å². The first-order chi connectivity index (χ1) is 6.22. The number of ether oxygens (including phenoxy) is 1. The van der Waals surface area contributed by atoms with Gasteiger partial charge in [-0.25, -0.2) is 4.79 Å². The quantitative estimate of drug-likeness (QED) is 0.707. The molecule has 0 aliphatic carbocycles. The molecular weight excluding hydrogens is 168 g/mol. The maximum absolute atomic E-state index is 10.6. The van der Waals surface area contributed by atoms with Gasteiger partial charge in [0.25, 0.3) is 0 Å². The summed E-state index contributed by atoms with van der Waals surface area (Å²) in [6.07, 6.45) is 0. The van der Waals surface area contributed by atoms with Crippen molar-refractivity contribution < 1.29 is 14.6 Å². The molecule has 0 aliphatic heterocycles. The third-order valence-corrected chi connectivity index (χ3v) is 1.65. The molecule has 3 heteroatoms. The van der Waals surface area contributed by atoms with E-state index in [9.17, 15) is 4.79 Å². The molecule has 0 aromatic heterocycles. The van der Waals surface area contributed by atoms with Gasteiger partial charge in [-0.1, -0.05) is 29.8 Å². The largest absolute Gasteiger partial charge is 0.459 e. The van der Waals surface area contributed by atoms with Crippen molar-refractivity contribution in [3.8, 4) is 0 Å². The number of benzene rings is 1. The zero-order chi connectivity index (χ0) is 9.68. The van der Waals surface area contributed by atoms with Crippen molar-refractivity contribution in [3.05, 3.63) is 35.4 Å². The van der Waals surface area contributed by atoms with Gasteiger partial charge in [-0.05, 0) is 12.5 Å². The van der Waals surface area contributed by atoms with Crippen LogP contribution in [0.15, 0.2) is 24.3 Å². The van der Waals surface area contributed by atoms with E-state index in [-0.39, 0.29) is 6.61 Å². The lowest BCUT2D eigenvalue weighted by Gasteiger charge is -2.02. The third kappa shape index (κ3) is 3.25. The predicted octanol–water partition coefficient (Wildman–Crippen LogP) is 1.03. The molecule has 0 radical (unpaired) electrons. The van der Waals surface area contributed by atoms with Crippen LogP contribution in [0.4, 0.5) is 0 Å². The van der Waals surface area contributed by atoms with Crippen LogP contribution >= 0.6 is 0 Å². The zero-order valence-corrected chi connectivity index (χ0v) is 7.49. The van der Waals surface area contributed by atoms with Crippen LogP contribution in [0.25, 0.3) is 0 Å². The van der Waals surface area contributed by atoms with E-state index < -0.39 is 12.6 Å². The van der Waals surface area contributed by atoms with Crippen LogP contribution in [0.5, 0.6) is 0 Å². The number of aryl methyl sites for hydroxylation is 1. The van der Waals surface area contributed by atoms with Gasteiger partial charge < -0.3 is 9.84 Å². The molecule has 13 heavy (non-hydrogen) atoms. The van der Waals surface area contributed by atoms with Gasteiger partial charge >= 0.3 is 5.97 Å². The van der Waals surface area contributed by atoms with Crippen molar-refractivity contribution in [1.29, 1.82) is 0 Å². The van der Waals surface area contributed by atoms with E-state index in [2.05, 4.69) is 0 Å². The normalized spacial score (nSPS) is 9.69. The Balaban J connectivity index is 2.46. The lowest BCUT2D eigenvalue weighted by molar-refractivity contribution is -0.148. The first-order valence-electron chi connectivity index (χ1n) is 4.04. The SMILES string of the molecule is Cc1ccc(COC(=O)CO)cc1. The lowest BCUT2D eigenvalue weighted by atomic mass is 10.2. The fourth-order valence-electron chi connectivity index (χ4n) is 0.894. The number of hydrogen-bond acceptors (Lipinski definition) is 3. The standard InChI is InChI=1S/C10H12O3/c1-8-2-4-9(5-3-8)7-13-10(12)6-11/h2-5,11H,6-7H2,1H3. The minimum absolute atomic E-state index is 0.222. The molecule has 1 aromatic rings. The summed E-state index contributed by atoms with van der Waals surface area (Å²) in [5, 5.41) is 8.38. The molecule has 0 saturated heterocycles. The maximum Gasteiger partial charge on any atom is 0.332 e. The number of aliphatic hydroxyl groups is 1. The zero-order valence-electron chi connectivity index (χ0n) is 7.49. The van der Waals surface area contributed by atoms with Crippen LogP contribution < -0.4 is 0 Å². The lowest BCUT2D eigenvalue weighted by Crippen LogP contribution is -2.08. The van der Waals surface area contributed by atoms with E-state index in [1.807, 2.05) is 31.2 Å². The monoisotopic (exact) mass is 180 g/mol. The number of hydrogen-bond donors (Lipinski definition) is 1. The highest BCUT2D eigenvalue weighted by molar-refractivity contribution is 5.70. The van der Waals surface area contributed by atoms with Gasteiger partial charge in [-0.15, -0.1) is 0 Å². The molecule has 0 bridgehead atoms. The van der Waals surface area contributed by atoms with Crippen LogP contribution in [-0.2, 0) is 16.1 Å². The highest BCUT2D eigenvalue weighted by Crippen LogP contribution is 2.04. The van der Waals surface area contributed by atoms with Crippen molar-refractivity contribution in [2.45, 2.75) is 13.5 Å². The topological polar surface area (TPSA) is 46.5 Å². The van der Waals surface area contributed by atoms with Gasteiger partial charge in [0, 0.05) is 0 Å². The molecule has 1 rings (SSSR count). The van der Waals surface area contributed by atoms with Crippen molar-refractivity contribution in [1.82, 2.24) is 0 Å². The van der Waals surface area contributed by atoms with E-state index in [0.717, 1.165) is 11.1 Å². The average Bonchev–Trinajstić information content (AvgIpc) is 2.16. The molecule has 0 heterocycles. The molecule has 0 unspecified atom stereocenters. The van der Waals surface area contributed by atoms with Gasteiger partial charge in [0.05, 0.1) is 0 Å². The van der Waals surface area contributed by atoms with E-state index in [0.29, 0.717) is 0 Å². The Morgan fingerprint density at radius 3 is 2.54 bits per heavy atom. The second-order valence-corrected chi connectivity index (χ2v) is 2.80.